The van der Waals surface area contributed by atoms with E-state index in [9.17, 15) is 0 Å². The summed E-state index contributed by atoms with van der Waals surface area (Å²) in [6, 6.07) is 0.672. The van der Waals surface area contributed by atoms with Crippen LogP contribution in [0, 0.1) is 5.41 Å². The Kier molecular flexibility index (Phi) is 2.77. The molecule has 3 nitrogen and oxygen atoms in total. The van der Waals surface area contributed by atoms with E-state index in [1.807, 2.05) is 0 Å². The zero-order valence-corrected chi connectivity index (χ0v) is 9.87. The van der Waals surface area contributed by atoms with E-state index in [0.717, 1.165) is 13.1 Å². The Morgan fingerprint density at radius 1 is 1.40 bits per heavy atom. The summed E-state index contributed by atoms with van der Waals surface area (Å²) in [5, 5.41) is 9.11. The topological polar surface area (TPSA) is 26.7 Å². The van der Waals surface area contributed by atoms with E-state index in [4.69, 9.17) is 5.11 Å². The van der Waals surface area contributed by atoms with Crippen LogP contribution in [0.1, 0.15) is 20.3 Å². The molecule has 2 aliphatic rings. The van der Waals surface area contributed by atoms with Gasteiger partial charge in [-0.25, -0.2) is 0 Å². The van der Waals surface area contributed by atoms with Crippen molar-refractivity contribution in [3.8, 4) is 0 Å². The normalized spacial score (nSPS) is 26.1. The van der Waals surface area contributed by atoms with Gasteiger partial charge in [0.2, 0.25) is 0 Å². The van der Waals surface area contributed by atoms with Crippen LogP contribution in [0.3, 0.4) is 0 Å². The standard InChI is InChI=1S/C12H22N2O/c1-10(2)14-5-4-12(9-14)7-13(8-12)6-11(3)15/h10,15H,3-9H2,1-2H3. The Morgan fingerprint density at radius 2 is 2.07 bits per heavy atom. The minimum atomic E-state index is 0.295. The highest BCUT2D eigenvalue weighted by Gasteiger charge is 2.47. The predicted octanol–water partition coefficient (Wildman–Crippen LogP) is 1.47. The smallest absolute Gasteiger partial charge is 0.0991 e. The molecule has 86 valence electrons. The Hall–Kier alpha value is -0.540. The van der Waals surface area contributed by atoms with Crippen molar-refractivity contribution in [3.05, 3.63) is 12.3 Å². The van der Waals surface area contributed by atoms with Gasteiger partial charge in [-0.3, -0.25) is 4.90 Å². The molecule has 3 heteroatoms. The lowest BCUT2D eigenvalue weighted by Crippen LogP contribution is -2.57. The molecule has 1 N–H and O–H groups in total. The molecule has 0 atom stereocenters. The Balaban J connectivity index is 1.81. The van der Waals surface area contributed by atoms with Crippen molar-refractivity contribution < 1.29 is 5.11 Å². The van der Waals surface area contributed by atoms with Crippen molar-refractivity contribution in [1.29, 1.82) is 0 Å². The van der Waals surface area contributed by atoms with Gasteiger partial charge in [0, 0.05) is 31.1 Å². The van der Waals surface area contributed by atoms with Crippen LogP contribution in [-0.4, -0.2) is 53.7 Å². The number of hydrogen-bond donors (Lipinski definition) is 1. The predicted molar refractivity (Wildman–Crippen MR) is 62.0 cm³/mol. The third-order valence-electron chi connectivity index (χ3n) is 3.72. The van der Waals surface area contributed by atoms with Gasteiger partial charge in [0.1, 0.15) is 0 Å². The van der Waals surface area contributed by atoms with Crippen LogP contribution in [0.4, 0.5) is 0 Å². The Morgan fingerprint density at radius 3 is 2.53 bits per heavy atom. The van der Waals surface area contributed by atoms with Crippen LogP contribution in [-0.2, 0) is 0 Å². The second kappa shape index (κ2) is 3.80. The summed E-state index contributed by atoms with van der Waals surface area (Å²) in [4.78, 5) is 4.84. The summed E-state index contributed by atoms with van der Waals surface area (Å²) in [5.74, 6) is 0.295. The fourth-order valence-corrected chi connectivity index (χ4v) is 2.94. The van der Waals surface area contributed by atoms with E-state index in [0.29, 0.717) is 23.8 Å². The number of likely N-dealkylation sites (tertiary alicyclic amines) is 2. The molecule has 0 aromatic rings. The van der Waals surface area contributed by atoms with Crippen LogP contribution < -0.4 is 0 Å². The number of hydrogen-bond acceptors (Lipinski definition) is 3. The van der Waals surface area contributed by atoms with Crippen molar-refractivity contribution >= 4 is 0 Å². The maximum atomic E-state index is 9.11. The molecule has 0 amide bonds. The molecule has 2 fully saturated rings. The fraction of sp³-hybridized carbons (Fsp3) is 0.833. The van der Waals surface area contributed by atoms with Crippen molar-refractivity contribution in [2.24, 2.45) is 5.41 Å². The average Bonchev–Trinajstić information content (AvgIpc) is 2.47. The Labute approximate surface area is 92.4 Å². The molecule has 0 aliphatic carbocycles. The molecule has 0 aromatic carbocycles. The van der Waals surface area contributed by atoms with Crippen LogP contribution >= 0.6 is 0 Å². The third-order valence-corrected chi connectivity index (χ3v) is 3.72. The summed E-state index contributed by atoms with van der Waals surface area (Å²) >= 11 is 0. The van der Waals surface area contributed by atoms with Crippen molar-refractivity contribution in [1.82, 2.24) is 9.80 Å². The highest BCUT2D eigenvalue weighted by atomic mass is 16.3. The molecule has 0 bridgehead atoms. The summed E-state index contributed by atoms with van der Waals surface area (Å²) in [6.07, 6.45) is 1.32. The Bertz CT molecular complexity index is 256. The van der Waals surface area contributed by atoms with E-state index < -0.39 is 0 Å². The zero-order chi connectivity index (χ0) is 11.1. The van der Waals surface area contributed by atoms with Gasteiger partial charge in [-0.15, -0.1) is 0 Å². The lowest BCUT2D eigenvalue weighted by Gasteiger charge is -2.48. The van der Waals surface area contributed by atoms with Gasteiger partial charge < -0.3 is 10.0 Å². The molecular formula is C12H22N2O. The number of rotatable bonds is 3. The molecule has 15 heavy (non-hydrogen) atoms. The summed E-state index contributed by atoms with van der Waals surface area (Å²) < 4.78 is 0. The van der Waals surface area contributed by atoms with Gasteiger partial charge >= 0.3 is 0 Å². The number of nitrogens with zero attached hydrogens (tertiary/aromatic N) is 2. The minimum Gasteiger partial charge on any atom is -0.512 e. The lowest BCUT2D eigenvalue weighted by molar-refractivity contribution is 0.00722. The van der Waals surface area contributed by atoms with Gasteiger partial charge in [0.15, 0.2) is 0 Å². The zero-order valence-electron chi connectivity index (χ0n) is 9.87. The maximum absolute atomic E-state index is 9.11. The average molecular weight is 210 g/mol. The molecule has 2 saturated heterocycles. The lowest BCUT2D eigenvalue weighted by atomic mass is 9.79. The number of aliphatic hydroxyl groups excluding tert-OH is 1. The first-order chi connectivity index (χ1) is 7.01. The van der Waals surface area contributed by atoms with Crippen LogP contribution in [0.5, 0.6) is 0 Å². The minimum absolute atomic E-state index is 0.295. The molecule has 0 unspecified atom stereocenters. The van der Waals surface area contributed by atoms with Gasteiger partial charge in [0.05, 0.1) is 12.3 Å². The molecule has 2 aliphatic heterocycles. The van der Waals surface area contributed by atoms with E-state index in [-0.39, 0.29) is 0 Å². The molecule has 0 aromatic heterocycles. The summed E-state index contributed by atoms with van der Waals surface area (Å²) in [7, 11) is 0. The largest absolute Gasteiger partial charge is 0.512 e. The van der Waals surface area contributed by atoms with E-state index in [2.05, 4.69) is 30.2 Å². The van der Waals surface area contributed by atoms with Crippen molar-refractivity contribution in [3.63, 3.8) is 0 Å². The first-order valence-electron chi connectivity index (χ1n) is 5.84. The second-order valence-corrected chi connectivity index (χ2v) is 5.53. The van der Waals surface area contributed by atoms with Crippen molar-refractivity contribution in [2.75, 3.05) is 32.7 Å². The van der Waals surface area contributed by atoms with Crippen molar-refractivity contribution in [2.45, 2.75) is 26.3 Å². The molecule has 2 rings (SSSR count). The SMILES string of the molecule is C=C(O)CN1CC2(CCN(C(C)C)C2)C1. The first-order valence-corrected chi connectivity index (χ1v) is 5.84. The van der Waals surface area contributed by atoms with Crippen LogP contribution in [0.15, 0.2) is 12.3 Å². The highest BCUT2D eigenvalue weighted by Crippen LogP contribution is 2.40. The maximum Gasteiger partial charge on any atom is 0.0991 e. The van der Waals surface area contributed by atoms with E-state index in [1.165, 1.54) is 19.5 Å². The van der Waals surface area contributed by atoms with E-state index in [1.54, 1.807) is 0 Å². The summed E-state index contributed by atoms with van der Waals surface area (Å²) in [6.45, 7) is 13.5. The molecule has 0 saturated carbocycles. The summed E-state index contributed by atoms with van der Waals surface area (Å²) in [5.41, 5.74) is 0.527. The third kappa shape index (κ3) is 2.18. The molecule has 2 heterocycles. The molecule has 1 spiro atoms. The van der Waals surface area contributed by atoms with Crippen LogP contribution in [0.2, 0.25) is 0 Å². The monoisotopic (exact) mass is 210 g/mol. The quantitative estimate of drug-likeness (QED) is 0.715. The molecular weight excluding hydrogens is 188 g/mol. The van der Waals surface area contributed by atoms with Gasteiger partial charge in [-0.2, -0.15) is 0 Å². The fourth-order valence-electron chi connectivity index (χ4n) is 2.94. The van der Waals surface area contributed by atoms with Crippen LogP contribution in [0.25, 0.3) is 0 Å². The molecule has 0 radical (unpaired) electrons. The second-order valence-electron chi connectivity index (χ2n) is 5.53. The van der Waals surface area contributed by atoms with E-state index >= 15 is 0 Å². The first kappa shape index (κ1) is 11.0. The van der Waals surface area contributed by atoms with Gasteiger partial charge in [0.25, 0.3) is 0 Å². The van der Waals surface area contributed by atoms with Gasteiger partial charge in [-0.05, 0) is 26.8 Å². The highest BCUT2D eigenvalue weighted by molar-refractivity contribution is 5.03. The van der Waals surface area contributed by atoms with Gasteiger partial charge in [-0.1, -0.05) is 6.58 Å². The number of aliphatic hydroxyl groups is 1.